The Morgan fingerprint density at radius 1 is 1.00 bits per heavy atom. The molecule has 3 rings (SSSR count). The van der Waals surface area contributed by atoms with Crippen LogP contribution in [-0.4, -0.2) is 34.8 Å². The van der Waals surface area contributed by atoms with Crippen LogP contribution in [-0.2, 0) is 10.2 Å². The molecule has 1 N–H and O–H groups in total. The van der Waals surface area contributed by atoms with E-state index in [-0.39, 0.29) is 17.4 Å². The fraction of sp³-hybridized carbons (Fsp3) is 0.333. The normalized spacial score (nSPS) is 16.5. The molecule has 0 atom stereocenters. The van der Waals surface area contributed by atoms with E-state index in [0.717, 1.165) is 5.56 Å². The van der Waals surface area contributed by atoms with Crippen molar-refractivity contribution < 1.29 is 14.7 Å². The summed E-state index contributed by atoms with van der Waals surface area (Å²) < 4.78 is 0. The number of phenolic OH excluding ortho intramolecular Hbond substituents is 1. The van der Waals surface area contributed by atoms with Crippen molar-refractivity contribution in [3.05, 3.63) is 65.2 Å². The zero-order chi connectivity index (χ0) is 18.0. The van der Waals surface area contributed by atoms with Crippen LogP contribution in [0.5, 0.6) is 5.75 Å². The van der Waals surface area contributed by atoms with Gasteiger partial charge in [0.25, 0.3) is 5.91 Å². The van der Waals surface area contributed by atoms with Crippen molar-refractivity contribution in [1.29, 1.82) is 0 Å². The second-order valence-corrected chi connectivity index (χ2v) is 6.75. The summed E-state index contributed by atoms with van der Waals surface area (Å²) in [5.74, 6) is 0.197. The Balaban J connectivity index is 1.82. The molecule has 1 aliphatic rings. The molecule has 130 valence electrons. The smallest absolute Gasteiger partial charge is 0.254 e. The number of benzene rings is 2. The molecule has 0 bridgehead atoms. The van der Waals surface area contributed by atoms with Crippen LogP contribution in [0.3, 0.4) is 0 Å². The molecule has 0 aliphatic carbocycles. The monoisotopic (exact) mass is 337 g/mol. The Bertz CT molecular complexity index is 790. The Morgan fingerprint density at radius 3 is 2.24 bits per heavy atom. The van der Waals surface area contributed by atoms with E-state index in [1.807, 2.05) is 30.3 Å². The fourth-order valence-corrected chi connectivity index (χ4v) is 3.72. The topological polar surface area (TPSA) is 57.6 Å². The minimum atomic E-state index is -0.508. The summed E-state index contributed by atoms with van der Waals surface area (Å²) in [6.07, 6.45) is 1.24. The first-order chi connectivity index (χ1) is 12.0. The van der Waals surface area contributed by atoms with Gasteiger partial charge in [-0.15, -0.1) is 0 Å². The lowest BCUT2D eigenvalue weighted by Gasteiger charge is -2.40. The van der Waals surface area contributed by atoms with Gasteiger partial charge >= 0.3 is 0 Å². The largest absolute Gasteiger partial charge is 0.508 e. The van der Waals surface area contributed by atoms with E-state index in [2.05, 4.69) is 0 Å². The van der Waals surface area contributed by atoms with Crippen molar-refractivity contribution in [2.45, 2.75) is 32.1 Å². The molecule has 1 heterocycles. The van der Waals surface area contributed by atoms with Gasteiger partial charge in [0.2, 0.25) is 0 Å². The molecule has 1 aliphatic heterocycles. The summed E-state index contributed by atoms with van der Waals surface area (Å²) in [4.78, 5) is 27.0. The molecule has 1 saturated heterocycles. The van der Waals surface area contributed by atoms with Crippen LogP contribution in [0.4, 0.5) is 0 Å². The molecule has 0 radical (unpaired) electrons. The van der Waals surface area contributed by atoms with Gasteiger partial charge in [-0.25, -0.2) is 0 Å². The lowest BCUT2D eigenvalue weighted by atomic mass is 9.70. The lowest BCUT2D eigenvalue weighted by molar-refractivity contribution is -0.124. The van der Waals surface area contributed by atoms with Crippen molar-refractivity contribution in [3.63, 3.8) is 0 Å². The van der Waals surface area contributed by atoms with Gasteiger partial charge in [-0.05, 0) is 44.4 Å². The highest BCUT2D eigenvalue weighted by molar-refractivity contribution is 5.96. The van der Waals surface area contributed by atoms with E-state index in [0.29, 0.717) is 37.1 Å². The second kappa shape index (κ2) is 6.71. The highest BCUT2D eigenvalue weighted by Crippen LogP contribution is 2.37. The quantitative estimate of drug-likeness (QED) is 0.933. The second-order valence-electron chi connectivity index (χ2n) is 6.75. The number of hydrogen-bond donors (Lipinski definition) is 1. The van der Waals surface area contributed by atoms with Gasteiger partial charge in [0.05, 0.1) is 5.41 Å². The summed E-state index contributed by atoms with van der Waals surface area (Å²) >= 11 is 0. The minimum absolute atomic E-state index is 0.0846. The van der Waals surface area contributed by atoms with E-state index in [1.165, 1.54) is 0 Å². The van der Waals surface area contributed by atoms with E-state index in [4.69, 9.17) is 0 Å². The van der Waals surface area contributed by atoms with Crippen molar-refractivity contribution >= 4 is 11.7 Å². The van der Waals surface area contributed by atoms with Gasteiger partial charge < -0.3 is 10.0 Å². The summed E-state index contributed by atoms with van der Waals surface area (Å²) in [5, 5.41) is 9.84. The molecule has 0 aromatic heterocycles. The van der Waals surface area contributed by atoms with Crippen molar-refractivity contribution in [3.8, 4) is 5.75 Å². The van der Waals surface area contributed by atoms with Crippen LogP contribution < -0.4 is 0 Å². The summed E-state index contributed by atoms with van der Waals surface area (Å²) in [5.41, 5.74) is 1.64. The average Bonchev–Trinajstić information content (AvgIpc) is 2.64. The van der Waals surface area contributed by atoms with Crippen LogP contribution in [0.25, 0.3) is 0 Å². The van der Waals surface area contributed by atoms with Gasteiger partial charge in [-0.1, -0.05) is 36.4 Å². The molecular weight excluding hydrogens is 314 g/mol. The zero-order valence-corrected chi connectivity index (χ0v) is 14.7. The summed E-state index contributed by atoms with van der Waals surface area (Å²) in [7, 11) is 0. The number of likely N-dealkylation sites (tertiary alicyclic amines) is 1. The molecule has 2 aromatic rings. The first-order valence-electron chi connectivity index (χ1n) is 8.60. The molecule has 0 saturated carbocycles. The molecule has 2 aromatic carbocycles. The molecule has 4 heteroatoms. The van der Waals surface area contributed by atoms with Gasteiger partial charge in [0.1, 0.15) is 11.5 Å². The van der Waals surface area contributed by atoms with Crippen molar-refractivity contribution in [2.24, 2.45) is 0 Å². The fourth-order valence-electron chi connectivity index (χ4n) is 3.72. The third kappa shape index (κ3) is 3.04. The maximum absolute atomic E-state index is 12.8. The Labute approximate surface area is 148 Å². The predicted octanol–water partition coefficient (Wildman–Crippen LogP) is 3.46. The number of aromatic hydroxyl groups is 1. The van der Waals surface area contributed by atoms with E-state index < -0.39 is 5.41 Å². The first-order valence-corrected chi connectivity index (χ1v) is 8.60. The van der Waals surface area contributed by atoms with Crippen LogP contribution >= 0.6 is 0 Å². The molecule has 0 spiro atoms. The Kier molecular flexibility index (Phi) is 4.62. The third-order valence-corrected chi connectivity index (χ3v) is 5.44. The zero-order valence-electron chi connectivity index (χ0n) is 14.7. The van der Waals surface area contributed by atoms with E-state index >= 15 is 0 Å². The highest BCUT2D eigenvalue weighted by atomic mass is 16.3. The van der Waals surface area contributed by atoms with E-state index in [9.17, 15) is 14.7 Å². The molecule has 25 heavy (non-hydrogen) atoms. The maximum atomic E-state index is 12.8. The summed E-state index contributed by atoms with van der Waals surface area (Å²) in [6.45, 7) is 4.45. The van der Waals surface area contributed by atoms with Crippen LogP contribution in [0.15, 0.2) is 48.5 Å². The van der Waals surface area contributed by atoms with Crippen molar-refractivity contribution in [2.75, 3.05) is 13.1 Å². The minimum Gasteiger partial charge on any atom is -0.508 e. The number of ketones is 1. The van der Waals surface area contributed by atoms with Crippen molar-refractivity contribution in [1.82, 2.24) is 4.90 Å². The molecule has 1 amide bonds. The molecular formula is C21H23NO3. The van der Waals surface area contributed by atoms with Crippen LogP contribution in [0, 0.1) is 6.92 Å². The SMILES string of the molecule is CC(=O)C1(c2ccccc2)CCN(C(=O)c2cccc(O)c2C)CC1. The number of nitrogens with zero attached hydrogens (tertiary/aromatic N) is 1. The first kappa shape index (κ1) is 17.2. The van der Waals surface area contributed by atoms with E-state index in [1.54, 1.807) is 36.9 Å². The molecule has 4 nitrogen and oxygen atoms in total. The van der Waals surface area contributed by atoms with Crippen LogP contribution in [0.2, 0.25) is 0 Å². The number of carbonyl (C=O) groups excluding carboxylic acids is 2. The van der Waals surface area contributed by atoms with Gasteiger partial charge in [-0.2, -0.15) is 0 Å². The molecule has 1 fully saturated rings. The number of phenols is 1. The lowest BCUT2D eigenvalue weighted by Crippen LogP contribution is -2.48. The third-order valence-electron chi connectivity index (χ3n) is 5.44. The number of amides is 1. The summed E-state index contributed by atoms with van der Waals surface area (Å²) in [6, 6.07) is 14.8. The Morgan fingerprint density at radius 2 is 1.64 bits per heavy atom. The number of carbonyl (C=O) groups is 2. The van der Waals surface area contributed by atoms with Crippen LogP contribution in [0.1, 0.15) is 41.3 Å². The Hall–Kier alpha value is -2.62. The maximum Gasteiger partial charge on any atom is 0.254 e. The number of rotatable bonds is 3. The van der Waals surface area contributed by atoms with Gasteiger partial charge in [0, 0.05) is 24.2 Å². The number of Topliss-reactive ketones (excluding diaryl/α,β-unsaturated/α-hetero) is 1. The van der Waals surface area contributed by atoms with Gasteiger partial charge in [-0.3, -0.25) is 9.59 Å². The number of piperidine rings is 1. The predicted molar refractivity (Wildman–Crippen MR) is 96.8 cm³/mol. The molecule has 0 unspecified atom stereocenters. The van der Waals surface area contributed by atoms with Gasteiger partial charge in [0.15, 0.2) is 0 Å². The average molecular weight is 337 g/mol. The highest BCUT2D eigenvalue weighted by Gasteiger charge is 2.41. The standard InChI is InChI=1S/C21H23NO3/c1-15-18(9-6-10-19(15)24)20(25)22-13-11-21(12-14-22,16(2)23)17-7-4-3-5-8-17/h3-10,24H,11-14H2,1-2H3. The number of hydrogen-bond acceptors (Lipinski definition) is 3.